The van der Waals surface area contributed by atoms with Gasteiger partial charge >= 0.3 is 11.9 Å². The summed E-state index contributed by atoms with van der Waals surface area (Å²) in [6.07, 6.45) is -3.30. The lowest BCUT2D eigenvalue weighted by Crippen LogP contribution is -2.39. The summed E-state index contributed by atoms with van der Waals surface area (Å²) in [6, 6.07) is 2.01. The second kappa shape index (κ2) is 6.01. The number of rotatable bonds is 2. The second-order valence-electron chi connectivity index (χ2n) is 5.84. The molecule has 1 saturated heterocycles. The molecular weight excluding hydrogens is 346 g/mol. The zero-order valence-corrected chi connectivity index (χ0v) is 12.8. The third-order valence-corrected chi connectivity index (χ3v) is 4.39. The fourth-order valence-corrected chi connectivity index (χ4v) is 3.10. The van der Waals surface area contributed by atoms with E-state index in [1.807, 2.05) is 0 Å². The van der Waals surface area contributed by atoms with Gasteiger partial charge in [0, 0.05) is 19.3 Å². The number of piperidine rings is 1. The fraction of sp³-hybridized carbons (Fsp3) is 0.400. The molecule has 134 valence electrons. The van der Waals surface area contributed by atoms with Gasteiger partial charge < -0.3 is 10.0 Å². The molecule has 0 atom stereocenters. The summed E-state index contributed by atoms with van der Waals surface area (Å²) in [5.41, 5.74) is -0.846. The van der Waals surface area contributed by atoms with E-state index < -0.39 is 34.3 Å². The van der Waals surface area contributed by atoms with E-state index in [-0.39, 0.29) is 42.5 Å². The number of anilines is 1. The first-order valence-electron chi connectivity index (χ1n) is 7.46. The first-order valence-corrected chi connectivity index (χ1v) is 7.46. The van der Waals surface area contributed by atoms with Crippen LogP contribution in [0.1, 0.15) is 12.8 Å². The average molecular weight is 359 g/mol. The predicted octanol–water partition coefficient (Wildman–Crippen LogP) is 3.77. The molecule has 2 heterocycles. The van der Waals surface area contributed by atoms with Crippen molar-refractivity contribution >= 4 is 22.3 Å². The normalized spacial score (nSPS) is 16.4. The monoisotopic (exact) mass is 359 g/mol. The molecule has 2 aromatic rings. The highest BCUT2D eigenvalue weighted by Crippen LogP contribution is 2.41. The Morgan fingerprint density at radius 3 is 2.52 bits per heavy atom. The first kappa shape index (κ1) is 17.2. The van der Waals surface area contributed by atoms with Crippen LogP contribution in [0.4, 0.5) is 28.9 Å². The van der Waals surface area contributed by atoms with Crippen LogP contribution >= 0.6 is 0 Å². The SMILES string of the molecule is O=[N+]([O-])c1cc(F)c2c(N3CCC(C(F)(F)F)CC3)ccnc2c1O. The number of hydrogen-bond acceptors (Lipinski definition) is 5. The zero-order chi connectivity index (χ0) is 18.4. The van der Waals surface area contributed by atoms with Crippen LogP contribution < -0.4 is 4.90 Å². The van der Waals surface area contributed by atoms with Crippen molar-refractivity contribution in [3.63, 3.8) is 0 Å². The van der Waals surface area contributed by atoms with Gasteiger partial charge in [0.2, 0.25) is 5.75 Å². The van der Waals surface area contributed by atoms with Gasteiger partial charge in [0.25, 0.3) is 0 Å². The van der Waals surface area contributed by atoms with Gasteiger partial charge in [-0.05, 0) is 18.9 Å². The molecule has 25 heavy (non-hydrogen) atoms. The van der Waals surface area contributed by atoms with Crippen molar-refractivity contribution in [2.24, 2.45) is 5.92 Å². The van der Waals surface area contributed by atoms with E-state index in [2.05, 4.69) is 4.98 Å². The maximum Gasteiger partial charge on any atom is 0.391 e. The highest BCUT2D eigenvalue weighted by Gasteiger charge is 2.41. The largest absolute Gasteiger partial charge is 0.501 e. The average Bonchev–Trinajstić information content (AvgIpc) is 2.56. The van der Waals surface area contributed by atoms with Gasteiger partial charge in [0.15, 0.2) is 0 Å². The molecule has 1 aromatic carbocycles. The Morgan fingerprint density at radius 1 is 1.32 bits per heavy atom. The predicted molar refractivity (Wildman–Crippen MR) is 81.0 cm³/mol. The number of pyridine rings is 1. The van der Waals surface area contributed by atoms with Crippen LogP contribution in [0.5, 0.6) is 5.75 Å². The van der Waals surface area contributed by atoms with Gasteiger partial charge in [-0.2, -0.15) is 13.2 Å². The molecule has 0 aliphatic carbocycles. The molecule has 1 aromatic heterocycles. The summed E-state index contributed by atoms with van der Waals surface area (Å²) in [4.78, 5) is 15.3. The Kier molecular flexibility index (Phi) is 4.13. The summed E-state index contributed by atoms with van der Waals surface area (Å²) < 4.78 is 52.7. The molecule has 1 fully saturated rings. The number of alkyl halides is 3. The third kappa shape index (κ3) is 3.03. The Hall–Kier alpha value is -2.65. The molecule has 0 unspecified atom stereocenters. The number of phenolic OH excluding ortho intramolecular Hbond substituents is 1. The number of nitro benzene ring substituents is 1. The van der Waals surface area contributed by atoms with E-state index in [1.165, 1.54) is 12.3 Å². The topological polar surface area (TPSA) is 79.5 Å². The lowest BCUT2D eigenvalue weighted by molar-refractivity contribution is -0.385. The van der Waals surface area contributed by atoms with Crippen LogP contribution in [0.15, 0.2) is 18.3 Å². The van der Waals surface area contributed by atoms with E-state index in [4.69, 9.17) is 0 Å². The Bertz CT molecular complexity index is 833. The van der Waals surface area contributed by atoms with Crippen molar-refractivity contribution in [2.45, 2.75) is 19.0 Å². The van der Waals surface area contributed by atoms with Crippen molar-refractivity contribution in [1.29, 1.82) is 0 Å². The minimum absolute atomic E-state index is 0.0560. The van der Waals surface area contributed by atoms with Gasteiger partial charge in [0.1, 0.15) is 11.3 Å². The smallest absolute Gasteiger partial charge is 0.391 e. The fourth-order valence-electron chi connectivity index (χ4n) is 3.10. The van der Waals surface area contributed by atoms with Crippen molar-refractivity contribution in [3.8, 4) is 5.75 Å². The highest BCUT2D eigenvalue weighted by atomic mass is 19.4. The molecule has 10 heteroatoms. The lowest BCUT2D eigenvalue weighted by Gasteiger charge is -2.34. The number of fused-ring (bicyclic) bond motifs is 1. The number of nitro groups is 1. The summed E-state index contributed by atoms with van der Waals surface area (Å²) >= 11 is 0. The summed E-state index contributed by atoms with van der Waals surface area (Å²) in [5.74, 6) is -3.13. The van der Waals surface area contributed by atoms with Gasteiger partial charge in [-0.3, -0.25) is 15.1 Å². The van der Waals surface area contributed by atoms with E-state index in [0.29, 0.717) is 6.07 Å². The minimum atomic E-state index is -4.27. The molecule has 0 bridgehead atoms. The molecule has 3 rings (SSSR count). The van der Waals surface area contributed by atoms with Crippen LogP contribution in [-0.4, -0.2) is 34.3 Å². The molecular formula is C15H13F4N3O3. The van der Waals surface area contributed by atoms with Gasteiger partial charge in [-0.1, -0.05) is 0 Å². The maximum atomic E-state index is 14.4. The van der Waals surface area contributed by atoms with Crippen molar-refractivity contribution in [3.05, 3.63) is 34.3 Å². The van der Waals surface area contributed by atoms with Crippen LogP contribution in [0.2, 0.25) is 0 Å². The van der Waals surface area contributed by atoms with E-state index in [0.717, 1.165) is 0 Å². The highest BCUT2D eigenvalue weighted by molar-refractivity contribution is 5.97. The van der Waals surface area contributed by atoms with Crippen molar-refractivity contribution < 1.29 is 27.6 Å². The third-order valence-electron chi connectivity index (χ3n) is 4.39. The number of halogens is 4. The van der Waals surface area contributed by atoms with Gasteiger partial charge in [-0.15, -0.1) is 0 Å². The number of aromatic nitrogens is 1. The van der Waals surface area contributed by atoms with Crippen LogP contribution in [-0.2, 0) is 0 Å². The second-order valence-corrected chi connectivity index (χ2v) is 5.84. The van der Waals surface area contributed by atoms with E-state index >= 15 is 0 Å². The molecule has 0 amide bonds. The van der Waals surface area contributed by atoms with Crippen LogP contribution in [0.25, 0.3) is 10.9 Å². The molecule has 6 nitrogen and oxygen atoms in total. The van der Waals surface area contributed by atoms with Gasteiger partial charge in [0.05, 0.1) is 28.0 Å². The summed E-state index contributed by atoms with van der Waals surface area (Å²) in [7, 11) is 0. The molecule has 0 saturated carbocycles. The number of hydrogen-bond donors (Lipinski definition) is 1. The summed E-state index contributed by atoms with van der Waals surface area (Å²) in [6.45, 7) is 0.112. The quantitative estimate of drug-likeness (QED) is 0.502. The zero-order valence-electron chi connectivity index (χ0n) is 12.8. The van der Waals surface area contributed by atoms with E-state index in [9.17, 15) is 32.8 Å². The maximum absolute atomic E-state index is 14.4. The number of aromatic hydroxyl groups is 1. The number of phenols is 1. The Labute approximate surface area is 138 Å². The Balaban J connectivity index is 2.01. The van der Waals surface area contributed by atoms with Crippen molar-refractivity contribution in [1.82, 2.24) is 4.98 Å². The van der Waals surface area contributed by atoms with Crippen molar-refractivity contribution in [2.75, 3.05) is 18.0 Å². The molecule has 1 aliphatic rings. The van der Waals surface area contributed by atoms with E-state index in [1.54, 1.807) is 4.90 Å². The van der Waals surface area contributed by atoms with Gasteiger partial charge in [-0.25, -0.2) is 4.39 Å². The molecule has 0 spiro atoms. The number of nitrogens with zero attached hydrogens (tertiary/aromatic N) is 3. The number of benzene rings is 1. The lowest BCUT2D eigenvalue weighted by atomic mass is 9.95. The minimum Gasteiger partial charge on any atom is -0.501 e. The first-order chi connectivity index (χ1) is 11.7. The molecule has 1 aliphatic heterocycles. The molecule has 0 radical (unpaired) electrons. The molecule has 1 N–H and O–H groups in total. The van der Waals surface area contributed by atoms with Crippen LogP contribution in [0.3, 0.4) is 0 Å². The van der Waals surface area contributed by atoms with Crippen LogP contribution in [0, 0.1) is 21.8 Å². The Morgan fingerprint density at radius 2 is 1.96 bits per heavy atom. The summed E-state index contributed by atoms with van der Waals surface area (Å²) in [5, 5.41) is 20.7. The standard InChI is InChI=1S/C15H13F4N3O3/c16-9-7-11(22(24)25)14(23)13-12(9)10(1-4-20-13)21-5-2-8(3-6-21)15(17,18)19/h1,4,7-8,23H,2-3,5-6H2.